The maximum absolute atomic E-state index is 9.61. The van der Waals surface area contributed by atoms with Crippen molar-refractivity contribution in [2.45, 2.75) is 27.5 Å². The van der Waals surface area contributed by atoms with Crippen LogP contribution in [0.3, 0.4) is 0 Å². The number of carbonyl (C=O) groups excluding carboxylic acids is 1. The molecule has 138 valence electrons. The summed E-state index contributed by atoms with van der Waals surface area (Å²) in [6.07, 6.45) is -0.766. The molecule has 0 bridgehead atoms. The van der Waals surface area contributed by atoms with Crippen LogP contribution in [0.4, 0.5) is 0 Å². The first-order valence-corrected chi connectivity index (χ1v) is 9.61. The molecule has 0 aliphatic rings. The third-order valence-electron chi connectivity index (χ3n) is 3.48. The van der Waals surface area contributed by atoms with E-state index >= 15 is 0 Å². The fourth-order valence-corrected chi connectivity index (χ4v) is 4.39. The van der Waals surface area contributed by atoms with Gasteiger partial charge in [-0.1, -0.05) is 54.6 Å². The number of rotatable bonds is 6. The molecule has 1 N–H and O–H groups in total. The number of hydrogen-bond acceptors (Lipinski definition) is 3. The minimum atomic E-state index is -1.33. The first kappa shape index (κ1) is 20.3. The second-order valence-corrected chi connectivity index (χ2v) is 7.54. The van der Waals surface area contributed by atoms with Crippen molar-refractivity contribution in [3.05, 3.63) is 91.0 Å². The first-order valence-electron chi connectivity index (χ1n) is 8.39. The van der Waals surface area contributed by atoms with Crippen LogP contribution in [-0.2, 0) is 20.5 Å². The van der Waals surface area contributed by atoms with Gasteiger partial charge in [0.15, 0.2) is 14.7 Å². The molecule has 0 aliphatic heterocycles. The lowest BCUT2D eigenvalue weighted by Gasteiger charge is -2.07. The van der Waals surface area contributed by atoms with Gasteiger partial charge in [0.2, 0.25) is 0 Å². The zero-order valence-electron chi connectivity index (χ0n) is 14.7. The van der Waals surface area contributed by atoms with Crippen molar-refractivity contribution < 1.29 is 19.8 Å². The van der Waals surface area contributed by atoms with Crippen LogP contribution in [0.2, 0.25) is 0 Å². The summed E-state index contributed by atoms with van der Waals surface area (Å²) in [7, 11) is -0.0146. The van der Waals surface area contributed by atoms with E-state index in [-0.39, 0.29) is 17.3 Å². The van der Waals surface area contributed by atoms with Gasteiger partial charge in [-0.05, 0) is 42.8 Å². The van der Waals surface area contributed by atoms with Gasteiger partial charge in [-0.2, -0.15) is 0 Å². The molecule has 27 heavy (non-hydrogen) atoms. The highest BCUT2D eigenvalue weighted by Gasteiger charge is 2.27. The highest BCUT2D eigenvalue weighted by molar-refractivity contribution is 7.97. The Labute approximate surface area is 161 Å². The molecule has 0 aliphatic carbocycles. The standard InChI is InChI=1S/C18H15S.C4H6O4/c1-4-10-16(11-5-1)19(17-12-6-2-7-13-17)18-14-8-3-9-15-18;5-3(6)1-2-4(7)8/h1-15H;1-2H2,(H,5,6)(H,7,8)/q+1;/p-1. The Morgan fingerprint density at radius 2 is 1.00 bits per heavy atom. The highest BCUT2D eigenvalue weighted by Crippen LogP contribution is 2.30. The van der Waals surface area contributed by atoms with E-state index in [0.717, 1.165) is 0 Å². The molecule has 5 heteroatoms. The first-order chi connectivity index (χ1) is 13.1. The van der Waals surface area contributed by atoms with Gasteiger partial charge in [0, 0.05) is 5.97 Å². The van der Waals surface area contributed by atoms with E-state index in [1.807, 2.05) is 0 Å². The monoisotopic (exact) mass is 380 g/mol. The molecule has 0 saturated carbocycles. The molecule has 0 radical (unpaired) electrons. The Balaban J connectivity index is 0.000000279. The number of hydrogen-bond donors (Lipinski definition) is 1. The van der Waals surface area contributed by atoms with Crippen molar-refractivity contribution in [1.82, 2.24) is 0 Å². The van der Waals surface area contributed by atoms with Gasteiger partial charge in [0.25, 0.3) is 0 Å². The van der Waals surface area contributed by atoms with Crippen LogP contribution in [0.25, 0.3) is 0 Å². The zero-order valence-corrected chi connectivity index (χ0v) is 15.5. The highest BCUT2D eigenvalue weighted by atomic mass is 32.2. The van der Waals surface area contributed by atoms with Crippen molar-refractivity contribution in [2.75, 3.05) is 0 Å². The van der Waals surface area contributed by atoms with Gasteiger partial charge in [-0.15, -0.1) is 0 Å². The maximum atomic E-state index is 9.61. The summed E-state index contributed by atoms with van der Waals surface area (Å²) < 4.78 is 0. The van der Waals surface area contributed by atoms with Gasteiger partial charge in [0.1, 0.15) is 0 Å². The van der Waals surface area contributed by atoms with Crippen LogP contribution in [0.1, 0.15) is 12.8 Å². The summed E-state index contributed by atoms with van der Waals surface area (Å²) in [6.45, 7) is 0. The molecule has 3 aromatic rings. The summed E-state index contributed by atoms with van der Waals surface area (Å²) in [5, 5.41) is 17.4. The van der Waals surface area contributed by atoms with Gasteiger partial charge < -0.3 is 15.0 Å². The van der Waals surface area contributed by atoms with Crippen molar-refractivity contribution in [2.24, 2.45) is 0 Å². The topological polar surface area (TPSA) is 77.4 Å². The van der Waals surface area contributed by atoms with E-state index in [2.05, 4.69) is 91.0 Å². The van der Waals surface area contributed by atoms with E-state index in [4.69, 9.17) is 5.11 Å². The van der Waals surface area contributed by atoms with Crippen LogP contribution >= 0.6 is 0 Å². The third-order valence-corrected chi connectivity index (χ3v) is 5.71. The smallest absolute Gasteiger partial charge is 0.303 e. The molecule has 4 nitrogen and oxygen atoms in total. The Morgan fingerprint density at radius 1 is 0.667 bits per heavy atom. The normalized spacial score (nSPS) is 9.96. The Morgan fingerprint density at radius 3 is 1.22 bits per heavy atom. The SMILES string of the molecule is O=C([O-])CCC(=O)O.c1ccc([S+](c2ccccc2)c2ccccc2)cc1. The molecule has 0 aromatic heterocycles. The van der Waals surface area contributed by atoms with Crippen LogP contribution in [0.5, 0.6) is 0 Å². The lowest BCUT2D eigenvalue weighted by Crippen LogP contribution is -2.22. The quantitative estimate of drug-likeness (QED) is 0.665. The molecule has 0 heterocycles. The Hall–Kier alpha value is -3.05. The number of carboxylic acids is 2. The van der Waals surface area contributed by atoms with E-state index in [1.54, 1.807) is 0 Å². The van der Waals surface area contributed by atoms with E-state index in [1.165, 1.54) is 14.7 Å². The summed E-state index contributed by atoms with van der Waals surface area (Å²) in [5.74, 6) is -2.44. The maximum Gasteiger partial charge on any atom is 0.303 e. The molecular weight excluding hydrogens is 360 g/mol. The van der Waals surface area contributed by atoms with Crippen molar-refractivity contribution in [1.29, 1.82) is 0 Å². The lowest BCUT2D eigenvalue weighted by molar-refractivity contribution is -0.305. The summed E-state index contributed by atoms with van der Waals surface area (Å²) in [5.41, 5.74) is 0. The summed E-state index contributed by atoms with van der Waals surface area (Å²) in [6, 6.07) is 32.2. The van der Waals surface area contributed by atoms with Crippen LogP contribution in [0, 0.1) is 0 Å². The van der Waals surface area contributed by atoms with Crippen molar-refractivity contribution in [3.8, 4) is 0 Å². The van der Waals surface area contributed by atoms with Crippen LogP contribution in [-0.4, -0.2) is 17.0 Å². The molecule has 0 unspecified atom stereocenters. The lowest BCUT2D eigenvalue weighted by atomic mass is 10.3. The summed E-state index contributed by atoms with van der Waals surface area (Å²) >= 11 is 0. The molecule has 0 fully saturated rings. The Kier molecular flexibility index (Phi) is 8.13. The van der Waals surface area contributed by atoms with Crippen LogP contribution < -0.4 is 5.11 Å². The number of aliphatic carboxylic acids is 2. The summed E-state index contributed by atoms with van der Waals surface area (Å²) in [4.78, 5) is 23.2. The number of carboxylic acid groups (broad SMARTS) is 2. The van der Waals surface area contributed by atoms with Gasteiger partial charge >= 0.3 is 5.97 Å². The van der Waals surface area contributed by atoms with Gasteiger partial charge in [-0.3, -0.25) is 4.79 Å². The fraction of sp³-hybridized carbons (Fsp3) is 0.0909. The number of carbonyl (C=O) groups is 2. The minimum absolute atomic E-state index is 0.0146. The second-order valence-electron chi connectivity index (χ2n) is 5.51. The molecular formula is C22H20O4S. The zero-order chi connectivity index (χ0) is 19.5. The minimum Gasteiger partial charge on any atom is -0.550 e. The predicted molar refractivity (Wildman–Crippen MR) is 103 cm³/mol. The van der Waals surface area contributed by atoms with Crippen molar-refractivity contribution >= 4 is 22.8 Å². The molecule has 3 rings (SSSR count). The number of benzene rings is 3. The second kappa shape index (κ2) is 10.8. The largest absolute Gasteiger partial charge is 0.550 e. The van der Waals surface area contributed by atoms with Crippen LogP contribution in [0.15, 0.2) is 106 Å². The average Bonchev–Trinajstić information content (AvgIpc) is 2.70. The third kappa shape index (κ3) is 6.99. The predicted octanol–water partition coefficient (Wildman–Crippen LogP) is 3.38. The van der Waals surface area contributed by atoms with Crippen molar-refractivity contribution in [3.63, 3.8) is 0 Å². The van der Waals surface area contributed by atoms with E-state index in [0.29, 0.717) is 0 Å². The van der Waals surface area contributed by atoms with E-state index in [9.17, 15) is 14.7 Å². The molecule has 0 atom stereocenters. The fourth-order valence-electron chi connectivity index (χ4n) is 2.29. The molecule has 0 spiro atoms. The average molecular weight is 380 g/mol. The van der Waals surface area contributed by atoms with Gasteiger partial charge in [0.05, 0.1) is 17.3 Å². The molecule has 0 amide bonds. The Bertz CT molecular complexity index is 728. The van der Waals surface area contributed by atoms with E-state index < -0.39 is 18.4 Å². The van der Waals surface area contributed by atoms with Gasteiger partial charge in [-0.25, -0.2) is 0 Å². The molecule has 0 saturated heterocycles. The molecule has 3 aromatic carbocycles.